The summed E-state index contributed by atoms with van der Waals surface area (Å²) in [5, 5.41) is 0.835. The number of nitrogens with zero attached hydrogens (tertiary/aromatic N) is 3. The molecular formula is C31H34FN3O2S. The lowest BCUT2D eigenvalue weighted by molar-refractivity contribution is 0.569. The van der Waals surface area contributed by atoms with Crippen molar-refractivity contribution in [2.75, 3.05) is 35.7 Å². The lowest BCUT2D eigenvalue weighted by Gasteiger charge is -2.28. The van der Waals surface area contributed by atoms with Crippen LogP contribution in [-0.2, 0) is 15.3 Å². The summed E-state index contributed by atoms with van der Waals surface area (Å²) in [6.07, 6.45) is 1.21. The SMILES string of the molecule is CCN(CC)c1ccc2c(c1)N(c1c(C)c(-c3ccccc3S(C)(=O)=O)nc3cc(F)ccc13)CC2(C)C. The first-order valence-corrected chi connectivity index (χ1v) is 14.9. The third-order valence-corrected chi connectivity index (χ3v) is 8.81. The Labute approximate surface area is 224 Å². The number of pyridine rings is 1. The van der Waals surface area contributed by atoms with Crippen molar-refractivity contribution in [2.24, 2.45) is 0 Å². The molecule has 1 aliphatic rings. The summed E-state index contributed by atoms with van der Waals surface area (Å²) >= 11 is 0. The van der Waals surface area contributed by atoms with E-state index in [2.05, 4.69) is 55.7 Å². The zero-order valence-corrected chi connectivity index (χ0v) is 23.7. The van der Waals surface area contributed by atoms with Gasteiger partial charge in [0.1, 0.15) is 5.82 Å². The monoisotopic (exact) mass is 531 g/mol. The van der Waals surface area contributed by atoms with Crippen LogP contribution >= 0.6 is 0 Å². The van der Waals surface area contributed by atoms with Crippen LogP contribution in [0.2, 0.25) is 0 Å². The van der Waals surface area contributed by atoms with Crippen molar-refractivity contribution in [3.8, 4) is 11.3 Å². The van der Waals surface area contributed by atoms with Gasteiger partial charge in [0.2, 0.25) is 0 Å². The normalized spacial score (nSPS) is 14.7. The van der Waals surface area contributed by atoms with Crippen LogP contribution < -0.4 is 9.80 Å². The summed E-state index contributed by atoms with van der Waals surface area (Å²) in [7, 11) is -3.51. The van der Waals surface area contributed by atoms with Gasteiger partial charge in [0, 0.05) is 59.7 Å². The summed E-state index contributed by atoms with van der Waals surface area (Å²) < 4.78 is 39.9. The molecule has 4 aromatic rings. The number of rotatable bonds is 6. The molecule has 7 heteroatoms. The predicted octanol–water partition coefficient (Wildman–Crippen LogP) is 7.03. The zero-order valence-electron chi connectivity index (χ0n) is 22.8. The minimum Gasteiger partial charge on any atom is -0.372 e. The van der Waals surface area contributed by atoms with Gasteiger partial charge in [-0.05, 0) is 62.2 Å². The summed E-state index contributed by atoms with van der Waals surface area (Å²) in [5.41, 5.74) is 6.75. The van der Waals surface area contributed by atoms with Gasteiger partial charge >= 0.3 is 0 Å². The molecule has 5 nitrogen and oxygen atoms in total. The molecule has 0 fully saturated rings. The average Bonchev–Trinajstić information content (AvgIpc) is 3.13. The molecule has 0 amide bonds. The fourth-order valence-electron chi connectivity index (χ4n) is 5.78. The average molecular weight is 532 g/mol. The van der Waals surface area contributed by atoms with Crippen LogP contribution in [0.25, 0.3) is 22.2 Å². The van der Waals surface area contributed by atoms with E-state index in [1.807, 2.05) is 13.0 Å². The highest BCUT2D eigenvalue weighted by Crippen LogP contribution is 2.49. The highest BCUT2D eigenvalue weighted by molar-refractivity contribution is 7.90. The van der Waals surface area contributed by atoms with Crippen LogP contribution in [0, 0.1) is 12.7 Å². The van der Waals surface area contributed by atoms with Crippen molar-refractivity contribution in [3.05, 3.63) is 77.6 Å². The molecular weight excluding hydrogens is 497 g/mol. The summed E-state index contributed by atoms with van der Waals surface area (Å²) in [6.45, 7) is 13.3. The first kappa shape index (κ1) is 26.2. The van der Waals surface area contributed by atoms with E-state index in [9.17, 15) is 12.8 Å². The molecule has 0 aliphatic carbocycles. The van der Waals surface area contributed by atoms with Crippen molar-refractivity contribution in [2.45, 2.75) is 44.9 Å². The summed E-state index contributed by atoms with van der Waals surface area (Å²) in [6, 6.07) is 18.2. The molecule has 0 spiro atoms. The van der Waals surface area contributed by atoms with E-state index in [1.165, 1.54) is 24.0 Å². The maximum Gasteiger partial charge on any atom is 0.176 e. The molecule has 38 heavy (non-hydrogen) atoms. The Kier molecular flexibility index (Phi) is 6.46. The molecule has 0 N–H and O–H groups in total. The molecule has 1 aliphatic heterocycles. The number of fused-ring (bicyclic) bond motifs is 2. The molecule has 0 unspecified atom stereocenters. The van der Waals surface area contributed by atoms with Crippen molar-refractivity contribution in [1.82, 2.24) is 4.98 Å². The van der Waals surface area contributed by atoms with E-state index in [-0.39, 0.29) is 16.1 Å². The van der Waals surface area contributed by atoms with Crippen molar-refractivity contribution < 1.29 is 12.8 Å². The molecule has 2 heterocycles. The van der Waals surface area contributed by atoms with Gasteiger partial charge in [-0.25, -0.2) is 17.8 Å². The highest BCUT2D eigenvalue weighted by atomic mass is 32.2. The molecule has 198 valence electrons. The van der Waals surface area contributed by atoms with Gasteiger partial charge in [-0.3, -0.25) is 0 Å². The van der Waals surface area contributed by atoms with Crippen LogP contribution in [0.4, 0.5) is 21.5 Å². The molecule has 0 atom stereocenters. The maximum atomic E-state index is 14.5. The van der Waals surface area contributed by atoms with E-state index in [0.717, 1.165) is 47.6 Å². The van der Waals surface area contributed by atoms with Gasteiger partial charge in [0.25, 0.3) is 0 Å². The minimum absolute atomic E-state index is 0.121. The lowest BCUT2D eigenvalue weighted by Crippen LogP contribution is -2.26. The molecule has 3 aromatic carbocycles. The van der Waals surface area contributed by atoms with E-state index in [0.29, 0.717) is 16.8 Å². The van der Waals surface area contributed by atoms with Gasteiger partial charge in [-0.15, -0.1) is 0 Å². The van der Waals surface area contributed by atoms with Crippen LogP contribution in [0.3, 0.4) is 0 Å². The van der Waals surface area contributed by atoms with Gasteiger partial charge < -0.3 is 9.80 Å². The number of halogens is 1. The zero-order chi connectivity index (χ0) is 27.4. The Morgan fingerprint density at radius 1 is 1.03 bits per heavy atom. The van der Waals surface area contributed by atoms with Crippen LogP contribution in [0.5, 0.6) is 0 Å². The van der Waals surface area contributed by atoms with Crippen LogP contribution in [0.1, 0.15) is 38.8 Å². The summed E-state index contributed by atoms with van der Waals surface area (Å²) in [4.78, 5) is 9.68. The molecule has 0 radical (unpaired) electrons. The van der Waals surface area contributed by atoms with Gasteiger partial charge in [0.15, 0.2) is 9.84 Å². The van der Waals surface area contributed by atoms with Crippen molar-refractivity contribution >= 4 is 37.8 Å². The maximum absolute atomic E-state index is 14.5. The van der Waals surface area contributed by atoms with Gasteiger partial charge in [-0.1, -0.05) is 38.1 Å². The predicted molar refractivity (Wildman–Crippen MR) is 155 cm³/mol. The lowest BCUT2D eigenvalue weighted by atomic mass is 9.87. The molecule has 0 saturated heterocycles. The number of sulfone groups is 1. The van der Waals surface area contributed by atoms with Gasteiger partial charge in [0.05, 0.1) is 21.8 Å². The van der Waals surface area contributed by atoms with Crippen molar-refractivity contribution in [1.29, 1.82) is 0 Å². The minimum atomic E-state index is -3.51. The molecule has 0 saturated carbocycles. The number of anilines is 3. The Bertz CT molecular complexity index is 1660. The Morgan fingerprint density at radius 3 is 2.42 bits per heavy atom. The van der Waals surface area contributed by atoms with Crippen LogP contribution in [0.15, 0.2) is 65.6 Å². The largest absolute Gasteiger partial charge is 0.372 e. The topological polar surface area (TPSA) is 53.5 Å². The molecule has 5 rings (SSSR count). The van der Waals surface area contributed by atoms with E-state index < -0.39 is 9.84 Å². The fraction of sp³-hybridized carbons (Fsp3) is 0.323. The number of hydrogen-bond donors (Lipinski definition) is 0. The number of benzene rings is 3. The summed E-state index contributed by atoms with van der Waals surface area (Å²) in [5.74, 6) is -0.381. The third-order valence-electron chi connectivity index (χ3n) is 7.65. The fourth-order valence-corrected chi connectivity index (χ4v) is 6.67. The quantitative estimate of drug-likeness (QED) is 0.267. The Hall–Kier alpha value is -3.45. The smallest absolute Gasteiger partial charge is 0.176 e. The van der Waals surface area contributed by atoms with E-state index in [4.69, 9.17) is 4.98 Å². The Balaban J connectivity index is 1.83. The van der Waals surface area contributed by atoms with E-state index in [1.54, 1.807) is 24.3 Å². The Morgan fingerprint density at radius 2 is 1.74 bits per heavy atom. The molecule has 0 bridgehead atoms. The van der Waals surface area contributed by atoms with Crippen LogP contribution in [-0.4, -0.2) is 39.3 Å². The number of hydrogen-bond acceptors (Lipinski definition) is 5. The number of aromatic nitrogens is 1. The molecule has 1 aromatic heterocycles. The standard InChI is InChI=1S/C31H34FN3O2S/c1-7-34(8-2)22-14-16-25-27(18-22)35(19-31(25,4)5)30-20(3)29(33-26-17-21(32)13-15-23(26)30)24-11-9-10-12-28(24)38(6,36)37/h9-18H,7-8,19H2,1-6H3. The van der Waals surface area contributed by atoms with Gasteiger partial charge in [-0.2, -0.15) is 0 Å². The first-order valence-electron chi connectivity index (χ1n) is 13.0. The highest BCUT2D eigenvalue weighted by Gasteiger charge is 2.38. The second-order valence-corrected chi connectivity index (χ2v) is 12.7. The second kappa shape index (κ2) is 9.38. The first-order chi connectivity index (χ1) is 18.0. The second-order valence-electron chi connectivity index (χ2n) is 10.7. The van der Waals surface area contributed by atoms with Crippen molar-refractivity contribution in [3.63, 3.8) is 0 Å². The van der Waals surface area contributed by atoms with E-state index >= 15 is 0 Å². The third kappa shape index (κ3) is 4.33.